The van der Waals surface area contributed by atoms with E-state index in [-0.39, 0.29) is 6.61 Å². The molecule has 1 aromatic carbocycles. The predicted octanol–water partition coefficient (Wildman–Crippen LogP) is 2.11. The van der Waals surface area contributed by atoms with Crippen LogP contribution in [0, 0.1) is 0 Å². The molecule has 84 valence electrons. The molecule has 1 rings (SSSR count). The molecule has 0 saturated heterocycles. The van der Waals surface area contributed by atoms with Crippen molar-refractivity contribution in [1.29, 1.82) is 0 Å². The highest BCUT2D eigenvalue weighted by Gasteiger charge is 1.94. The van der Waals surface area contributed by atoms with Crippen molar-refractivity contribution in [2.24, 2.45) is 5.73 Å². The summed E-state index contributed by atoms with van der Waals surface area (Å²) in [5, 5.41) is 0. The van der Waals surface area contributed by atoms with Crippen molar-refractivity contribution in [1.82, 2.24) is 0 Å². The number of benzene rings is 1. The van der Waals surface area contributed by atoms with Crippen LogP contribution in [-0.2, 0) is 9.53 Å². The second-order valence-electron chi connectivity index (χ2n) is 3.33. The minimum absolute atomic E-state index is 0.248. The number of carbonyl (C=O) groups excluding carboxylic acids is 1. The Balaban J connectivity index is 2.34. The highest BCUT2D eigenvalue weighted by molar-refractivity contribution is 5.82. The molecule has 0 spiro atoms. The fraction of sp³-hybridized carbons (Fsp3) is 0.154. The van der Waals surface area contributed by atoms with Crippen LogP contribution in [0.5, 0.6) is 0 Å². The molecule has 1 aromatic rings. The molecular formula is C13H15NO2. The number of hydrogen-bond acceptors (Lipinski definition) is 3. The van der Waals surface area contributed by atoms with Gasteiger partial charge in [-0.25, -0.2) is 4.79 Å². The molecule has 2 N–H and O–H groups in total. The Labute approximate surface area is 95.2 Å². The van der Waals surface area contributed by atoms with Gasteiger partial charge >= 0.3 is 5.97 Å². The number of rotatable bonds is 4. The van der Waals surface area contributed by atoms with E-state index >= 15 is 0 Å². The van der Waals surface area contributed by atoms with Gasteiger partial charge in [0.25, 0.3) is 0 Å². The quantitative estimate of drug-likeness (QED) is 0.620. The second-order valence-corrected chi connectivity index (χ2v) is 3.33. The number of ether oxygens (including phenoxy) is 1. The summed E-state index contributed by atoms with van der Waals surface area (Å²) >= 11 is 0. The number of allylic oxidation sites excluding steroid dienone is 1. The van der Waals surface area contributed by atoms with Gasteiger partial charge in [-0.2, -0.15) is 0 Å². The zero-order valence-corrected chi connectivity index (χ0v) is 9.22. The van der Waals surface area contributed by atoms with Crippen LogP contribution in [0.3, 0.4) is 0 Å². The Morgan fingerprint density at radius 1 is 1.38 bits per heavy atom. The third kappa shape index (κ3) is 5.00. The van der Waals surface area contributed by atoms with Crippen LogP contribution in [-0.4, -0.2) is 12.6 Å². The van der Waals surface area contributed by atoms with E-state index < -0.39 is 5.97 Å². The van der Waals surface area contributed by atoms with Crippen molar-refractivity contribution < 1.29 is 9.53 Å². The number of hydrogen-bond donors (Lipinski definition) is 1. The molecule has 0 aromatic heterocycles. The van der Waals surface area contributed by atoms with Crippen molar-refractivity contribution in [2.75, 3.05) is 6.61 Å². The van der Waals surface area contributed by atoms with Gasteiger partial charge in [0.05, 0.1) is 0 Å². The maximum absolute atomic E-state index is 11.1. The molecular weight excluding hydrogens is 202 g/mol. The van der Waals surface area contributed by atoms with Crippen LogP contribution in [0.25, 0.3) is 6.08 Å². The molecule has 0 amide bonds. The predicted molar refractivity (Wildman–Crippen MR) is 64.4 cm³/mol. The lowest BCUT2D eigenvalue weighted by molar-refractivity contribution is -0.136. The molecule has 0 saturated carbocycles. The lowest BCUT2D eigenvalue weighted by Crippen LogP contribution is -2.03. The topological polar surface area (TPSA) is 52.3 Å². The highest BCUT2D eigenvalue weighted by Crippen LogP contribution is 2.00. The van der Waals surface area contributed by atoms with E-state index in [0.29, 0.717) is 5.70 Å². The molecule has 0 fully saturated rings. The number of carbonyl (C=O) groups is 1. The van der Waals surface area contributed by atoms with Crippen LogP contribution in [0.15, 0.2) is 48.2 Å². The summed E-state index contributed by atoms with van der Waals surface area (Å²) in [5.41, 5.74) is 6.85. The Morgan fingerprint density at radius 2 is 2.06 bits per heavy atom. The lowest BCUT2D eigenvalue weighted by Gasteiger charge is -1.97. The van der Waals surface area contributed by atoms with Crippen LogP contribution < -0.4 is 5.73 Å². The Morgan fingerprint density at radius 3 is 2.69 bits per heavy atom. The maximum atomic E-state index is 11.1. The van der Waals surface area contributed by atoms with E-state index in [1.807, 2.05) is 36.4 Å². The van der Waals surface area contributed by atoms with E-state index in [0.717, 1.165) is 5.56 Å². The summed E-state index contributed by atoms with van der Waals surface area (Å²) < 4.78 is 4.89. The summed E-state index contributed by atoms with van der Waals surface area (Å²) in [4.78, 5) is 11.1. The van der Waals surface area contributed by atoms with Gasteiger partial charge in [0.2, 0.25) is 0 Å². The minimum atomic E-state index is -0.419. The SMILES string of the molecule is C/C(N)=C/C(=O)OCC=Cc1ccccc1. The van der Waals surface area contributed by atoms with Gasteiger partial charge in [0, 0.05) is 11.8 Å². The molecule has 16 heavy (non-hydrogen) atoms. The van der Waals surface area contributed by atoms with Crippen molar-refractivity contribution in [3.05, 3.63) is 53.7 Å². The first-order valence-electron chi connectivity index (χ1n) is 5.00. The van der Waals surface area contributed by atoms with Crippen LogP contribution >= 0.6 is 0 Å². The largest absolute Gasteiger partial charge is 0.458 e. The summed E-state index contributed by atoms with van der Waals surface area (Å²) in [5.74, 6) is -0.419. The molecule has 0 aliphatic carbocycles. The van der Waals surface area contributed by atoms with Gasteiger partial charge < -0.3 is 10.5 Å². The number of esters is 1. The van der Waals surface area contributed by atoms with E-state index in [4.69, 9.17) is 10.5 Å². The summed E-state index contributed by atoms with van der Waals surface area (Å²) in [7, 11) is 0. The molecule has 0 radical (unpaired) electrons. The summed E-state index contributed by atoms with van der Waals surface area (Å²) in [6.45, 7) is 1.89. The minimum Gasteiger partial charge on any atom is -0.458 e. The van der Waals surface area contributed by atoms with E-state index in [9.17, 15) is 4.79 Å². The van der Waals surface area contributed by atoms with Gasteiger partial charge in [-0.05, 0) is 18.6 Å². The normalized spacial score (nSPS) is 11.7. The first kappa shape index (κ1) is 12.0. The van der Waals surface area contributed by atoms with E-state index in [1.165, 1.54) is 6.08 Å². The lowest BCUT2D eigenvalue weighted by atomic mass is 10.2. The average Bonchev–Trinajstić information content (AvgIpc) is 2.25. The fourth-order valence-electron chi connectivity index (χ4n) is 1.11. The average molecular weight is 217 g/mol. The monoisotopic (exact) mass is 217 g/mol. The molecule has 0 unspecified atom stereocenters. The van der Waals surface area contributed by atoms with E-state index in [1.54, 1.807) is 13.0 Å². The summed E-state index contributed by atoms with van der Waals surface area (Å²) in [6.07, 6.45) is 4.94. The fourth-order valence-corrected chi connectivity index (χ4v) is 1.11. The maximum Gasteiger partial charge on any atom is 0.332 e. The van der Waals surface area contributed by atoms with Crippen molar-refractivity contribution >= 4 is 12.0 Å². The second kappa shape index (κ2) is 6.45. The molecule has 0 aliphatic rings. The van der Waals surface area contributed by atoms with Crippen molar-refractivity contribution in [3.63, 3.8) is 0 Å². The molecule has 0 bridgehead atoms. The highest BCUT2D eigenvalue weighted by atomic mass is 16.5. The van der Waals surface area contributed by atoms with Gasteiger partial charge in [-0.1, -0.05) is 36.4 Å². The van der Waals surface area contributed by atoms with Crippen molar-refractivity contribution in [2.45, 2.75) is 6.92 Å². The Bertz CT molecular complexity index is 390. The van der Waals surface area contributed by atoms with Crippen LogP contribution in [0.4, 0.5) is 0 Å². The first-order chi connectivity index (χ1) is 7.68. The van der Waals surface area contributed by atoms with Gasteiger partial charge in [0.1, 0.15) is 6.61 Å². The van der Waals surface area contributed by atoms with Gasteiger partial charge in [-0.3, -0.25) is 0 Å². The standard InChI is InChI=1S/C13H15NO2/c1-11(14)10-13(15)16-9-5-8-12-6-3-2-4-7-12/h2-8,10H,9,14H2,1H3/b8-5?,11-10-. The zero-order valence-electron chi connectivity index (χ0n) is 9.22. The third-order valence-corrected chi connectivity index (χ3v) is 1.78. The van der Waals surface area contributed by atoms with Gasteiger partial charge in [-0.15, -0.1) is 0 Å². The van der Waals surface area contributed by atoms with Crippen LogP contribution in [0.1, 0.15) is 12.5 Å². The number of nitrogens with two attached hydrogens (primary N) is 1. The Hall–Kier alpha value is -2.03. The molecule has 0 atom stereocenters. The smallest absolute Gasteiger partial charge is 0.332 e. The first-order valence-corrected chi connectivity index (χ1v) is 5.00. The molecule has 0 aliphatic heterocycles. The molecule has 0 heterocycles. The zero-order chi connectivity index (χ0) is 11.8. The third-order valence-electron chi connectivity index (χ3n) is 1.78. The van der Waals surface area contributed by atoms with Gasteiger partial charge in [0.15, 0.2) is 0 Å². The van der Waals surface area contributed by atoms with Crippen LogP contribution in [0.2, 0.25) is 0 Å². The van der Waals surface area contributed by atoms with E-state index in [2.05, 4.69) is 0 Å². The summed E-state index contributed by atoms with van der Waals surface area (Å²) in [6, 6.07) is 9.80. The molecule has 3 nitrogen and oxygen atoms in total. The Kier molecular flexibility index (Phi) is 4.86. The molecule has 3 heteroatoms. The van der Waals surface area contributed by atoms with Crippen molar-refractivity contribution in [3.8, 4) is 0 Å².